The minimum Gasteiger partial charge on any atom is -0.368 e. The van der Waals surface area contributed by atoms with Crippen LogP contribution in [0.1, 0.15) is 25.3 Å². The van der Waals surface area contributed by atoms with Gasteiger partial charge in [0.05, 0.1) is 9.79 Å². The van der Waals surface area contributed by atoms with Gasteiger partial charge in [0.2, 0.25) is 9.84 Å². The maximum absolute atomic E-state index is 13.5. The highest BCUT2D eigenvalue weighted by Crippen LogP contribution is 2.35. The van der Waals surface area contributed by atoms with E-state index in [1.54, 1.807) is 12.1 Å². The molecule has 0 bridgehead atoms. The molecule has 0 amide bonds. The molecular formula is C21H25ClF2N2O2S. The molecule has 2 aliphatic heterocycles. The van der Waals surface area contributed by atoms with Crippen molar-refractivity contribution < 1.29 is 17.2 Å². The van der Waals surface area contributed by atoms with E-state index in [0.29, 0.717) is 12.1 Å². The average Bonchev–Trinajstić information content (AvgIpc) is 3.10. The first-order chi connectivity index (χ1) is 13.4. The van der Waals surface area contributed by atoms with E-state index in [9.17, 15) is 17.2 Å². The van der Waals surface area contributed by atoms with Crippen LogP contribution in [0.3, 0.4) is 0 Å². The van der Waals surface area contributed by atoms with Crippen LogP contribution in [0.25, 0.3) is 0 Å². The number of halogens is 3. The molecule has 0 aromatic heterocycles. The van der Waals surface area contributed by atoms with Gasteiger partial charge in [-0.1, -0.05) is 6.92 Å². The highest BCUT2D eigenvalue weighted by atomic mass is 35.5. The number of nitrogens with zero attached hydrogens (tertiary/aromatic N) is 2. The number of rotatable bonds is 4. The summed E-state index contributed by atoms with van der Waals surface area (Å²) in [7, 11) is -3.96. The van der Waals surface area contributed by atoms with Crippen molar-refractivity contribution in [3.8, 4) is 0 Å². The quantitative estimate of drug-likeness (QED) is 0.715. The fraction of sp³-hybridized carbons (Fsp3) is 0.429. The highest BCUT2D eigenvalue weighted by Gasteiger charge is 2.30. The molecule has 0 unspecified atom stereocenters. The van der Waals surface area contributed by atoms with Crippen LogP contribution in [0.5, 0.6) is 0 Å². The van der Waals surface area contributed by atoms with Gasteiger partial charge in [0.1, 0.15) is 11.6 Å². The summed E-state index contributed by atoms with van der Waals surface area (Å²) in [5, 5.41) is 0. The van der Waals surface area contributed by atoms with E-state index in [2.05, 4.69) is 16.7 Å². The van der Waals surface area contributed by atoms with E-state index < -0.39 is 21.5 Å². The molecule has 2 aromatic rings. The Kier molecular flexibility index (Phi) is 6.51. The molecule has 0 atom stereocenters. The molecule has 0 saturated carbocycles. The van der Waals surface area contributed by atoms with Crippen LogP contribution < -0.4 is 4.90 Å². The fourth-order valence-corrected chi connectivity index (χ4v) is 5.67. The van der Waals surface area contributed by atoms with Gasteiger partial charge in [0, 0.05) is 37.4 Å². The fourth-order valence-electron chi connectivity index (χ4n) is 4.32. The summed E-state index contributed by atoms with van der Waals surface area (Å²) in [6.45, 7) is 6.31. The number of sulfone groups is 1. The Morgan fingerprint density at radius 2 is 1.62 bits per heavy atom. The summed E-state index contributed by atoms with van der Waals surface area (Å²) in [5.41, 5.74) is 2.06. The Hall–Kier alpha value is -1.70. The predicted molar refractivity (Wildman–Crippen MR) is 112 cm³/mol. The molecule has 2 aliphatic rings. The summed E-state index contributed by atoms with van der Waals surface area (Å²) < 4.78 is 52.7. The highest BCUT2D eigenvalue weighted by molar-refractivity contribution is 7.91. The second-order valence-corrected chi connectivity index (χ2v) is 9.46. The maximum atomic E-state index is 13.5. The van der Waals surface area contributed by atoms with Gasteiger partial charge >= 0.3 is 0 Å². The smallest absolute Gasteiger partial charge is 0.206 e. The number of hydrogen-bond donors (Lipinski definition) is 0. The lowest BCUT2D eigenvalue weighted by atomic mass is 10.0. The van der Waals surface area contributed by atoms with Crippen molar-refractivity contribution in [3.63, 3.8) is 0 Å². The topological polar surface area (TPSA) is 40.6 Å². The summed E-state index contributed by atoms with van der Waals surface area (Å²) in [6, 6.07) is 7.92. The minimum atomic E-state index is -3.96. The molecule has 158 valence electrons. The number of likely N-dealkylation sites (tertiary alicyclic amines) is 1. The summed E-state index contributed by atoms with van der Waals surface area (Å²) in [5.74, 6) is -1.80. The molecule has 2 heterocycles. The number of fused-ring (bicyclic) bond motifs is 1. The molecule has 0 radical (unpaired) electrons. The van der Waals surface area contributed by atoms with Crippen LogP contribution in [0.4, 0.5) is 14.5 Å². The van der Waals surface area contributed by atoms with E-state index in [4.69, 9.17) is 0 Å². The lowest BCUT2D eigenvalue weighted by Crippen LogP contribution is -2.44. The molecule has 2 aromatic carbocycles. The molecule has 4 rings (SSSR count). The second kappa shape index (κ2) is 8.58. The van der Waals surface area contributed by atoms with Crippen LogP contribution in [0.2, 0.25) is 0 Å². The summed E-state index contributed by atoms with van der Waals surface area (Å²) in [4.78, 5) is 4.56. The molecule has 0 aliphatic carbocycles. The van der Waals surface area contributed by atoms with Crippen LogP contribution in [0.15, 0.2) is 46.2 Å². The van der Waals surface area contributed by atoms with Crippen molar-refractivity contribution in [3.05, 3.63) is 53.6 Å². The predicted octanol–water partition coefficient (Wildman–Crippen LogP) is 4.07. The first-order valence-corrected chi connectivity index (χ1v) is 11.2. The zero-order chi connectivity index (χ0) is 19.9. The molecule has 4 nitrogen and oxygen atoms in total. The number of piperidine rings is 1. The molecule has 29 heavy (non-hydrogen) atoms. The van der Waals surface area contributed by atoms with Gasteiger partial charge in [-0.2, -0.15) is 0 Å². The van der Waals surface area contributed by atoms with Crippen molar-refractivity contribution in [1.82, 2.24) is 4.90 Å². The minimum absolute atomic E-state index is 0. The van der Waals surface area contributed by atoms with Crippen LogP contribution >= 0.6 is 12.4 Å². The Labute approximate surface area is 176 Å². The van der Waals surface area contributed by atoms with Crippen molar-refractivity contribution in [2.24, 2.45) is 0 Å². The first-order valence-electron chi connectivity index (χ1n) is 9.71. The average molecular weight is 443 g/mol. The molecule has 0 spiro atoms. The van der Waals surface area contributed by atoms with Gasteiger partial charge in [-0.3, -0.25) is 0 Å². The SMILES string of the molecule is CCN1CCC(N2CCc3cc(S(=O)(=O)c4cc(F)cc(F)c4)ccc32)CC1.Cl. The third-order valence-electron chi connectivity index (χ3n) is 5.88. The van der Waals surface area contributed by atoms with E-state index >= 15 is 0 Å². The Balaban J connectivity index is 0.00000240. The zero-order valence-electron chi connectivity index (χ0n) is 16.3. The first kappa shape index (κ1) is 22.0. The maximum Gasteiger partial charge on any atom is 0.206 e. The molecule has 1 saturated heterocycles. The van der Waals surface area contributed by atoms with Crippen LogP contribution in [0, 0.1) is 11.6 Å². The summed E-state index contributed by atoms with van der Waals surface area (Å²) in [6.07, 6.45) is 3.00. The van der Waals surface area contributed by atoms with Gasteiger partial charge < -0.3 is 9.80 Å². The lowest BCUT2D eigenvalue weighted by molar-refractivity contribution is 0.219. The van der Waals surface area contributed by atoms with Gasteiger partial charge in [-0.15, -0.1) is 12.4 Å². The molecule has 0 N–H and O–H groups in total. The normalized spacial score (nSPS) is 17.8. The lowest BCUT2D eigenvalue weighted by Gasteiger charge is -2.37. The number of benzene rings is 2. The Morgan fingerprint density at radius 1 is 0.966 bits per heavy atom. The van der Waals surface area contributed by atoms with Crippen LogP contribution in [-0.2, 0) is 16.3 Å². The van der Waals surface area contributed by atoms with Crippen molar-refractivity contribution in [2.45, 2.75) is 42.0 Å². The Bertz CT molecular complexity index is 972. The summed E-state index contributed by atoms with van der Waals surface area (Å²) >= 11 is 0. The second-order valence-electron chi connectivity index (χ2n) is 7.51. The van der Waals surface area contributed by atoms with Crippen molar-refractivity contribution in [1.29, 1.82) is 0 Å². The van der Waals surface area contributed by atoms with E-state index in [1.165, 1.54) is 0 Å². The number of anilines is 1. The Morgan fingerprint density at radius 3 is 2.24 bits per heavy atom. The van der Waals surface area contributed by atoms with E-state index in [0.717, 1.165) is 68.8 Å². The third-order valence-corrected chi connectivity index (χ3v) is 7.62. The van der Waals surface area contributed by atoms with Gasteiger partial charge in [0.25, 0.3) is 0 Å². The zero-order valence-corrected chi connectivity index (χ0v) is 17.9. The van der Waals surface area contributed by atoms with Crippen molar-refractivity contribution in [2.75, 3.05) is 31.1 Å². The van der Waals surface area contributed by atoms with Gasteiger partial charge in [-0.05, 0) is 61.7 Å². The largest absolute Gasteiger partial charge is 0.368 e. The standard InChI is InChI=1S/C21H24F2N2O2S.ClH/c1-2-24-8-6-18(7-9-24)25-10-5-15-11-19(3-4-21(15)25)28(26,27)20-13-16(22)12-17(23)14-20;/h3-4,11-14,18H,2,5-10H2,1H3;1H. The molecule has 8 heteroatoms. The monoisotopic (exact) mass is 442 g/mol. The molecular weight excluding hydrogens is 418 g/mol. The molecule has 1 fully saturated rings. The van der Waals surface area contributed by atoms with Gasteiger partial charge in [0.15, 0.2) is 0 Å². The van der Waals surface area contributed by atoms with E-state index in [-0.39, 0.29) is 22.2 Å². The van der Waals surface area contributed by atoms with Crippen molar-refractivity contribution >= 4 is 27.9 Å². The van der Waals surface area contributed by atoms with Gasteiger partial charge in [-0.25, -0.2) is 17.2 Å². The van der Waals surface area contributed by atoms with Crippen LogP contribution in [-0.4, -0.2) is 45.5 Å². The van der Waals surface area contributed by atoms with E-state index in [1.807, 2.05) is 6.07 Å². The third kappa shape index (κ3) is 4.27. The number of hydrogen-bond acceptors (Lipinski definition) is 4.